The quantitative estimate of drug-likeness (QED) is 0.175. The van der Waals surface area contributed by atoms with E-state index in [1.54, 1.807) is 0 Å². The number of furan rings is 1. The summed E-state index contributed by atoms with van der Waals surface area (Å²) in [5.41, 5.74) is 14.6. The standard InChI is InChI=1S/C56H34N4O/c1-3-15-35(16-4-1)37-19-13-22-40(33-37)60-49-31-29-42-41-23-9-12-28-50(41)61-55(42)52(49)45-30-32-48-51(54(45)60)44-25-8-11-27-47(44)59(48)39-21-14-20-38(34-39)56-57-46-26-10-7-24-43(46)53(58-56)36-17-5-2-6-18-36/h1-34H. The van der Waals surface area contributed by atoms with E-state index in [2.05, 4.69) is 197 Å². The molecule has 0 aliphatic heterocycles. The summed E-state index contributed by atoms with van der Waals surface area (Å²) in [6.07, 6.45) is 0. The van der Waals surface area contributed by atoms with Crippen molar-refractivity contribution in [1.29, 1.82) is 0 Å². The number of hydrogen-bond donors (Lipinski definition) is 0. The molecule has 5 nitrogen and oxygen atoms in total. The van der Waals surface area contributed by atoms with Crippen LogP contribution in [0.15, 0.2) is 211 Å². The predicted octanol–water partition coefficient (Wildman–Crippen LogP) is 14.7. The second-order valence-corrected chi connectivity index (χ2v) is 15.7. The van der Waals surface area contributed by atoms with Gasteiger partial charge in [0.25, 0.3) is 0 Å². The van der Waals surface area contributed by atoms with E-state index >= 15 is 0 Å². The first-order chi connectivity index (χ1) is 30.3. The number of fused-ring (bicyclic) bond motifs is 12. The molecule has 0 radical (unpaired) electrons. The smallest absolute Gasteiger partial charge is 0.160 e. The van der Waals surface area contributed by atoms with Crippen LogP contribution < -0.4 is 0 Å². The topological polar surface area (TPSA) is 48.8 Å². The molecule has 284 valence electrons. The number of hydrogen-bond acceptors (Lipinski definition) is 3. The fraction of sp³-hybridized carbons (Fsp3) is 0. The van der Waals surface area contributed by atoms with Gasteiger partial charge in [-0.1, -0.05) is 140 Å². The van der Waals surface area contributed by atoms with Crippen molar-refractivity contribution in [3.8, 4) is 45.1 Å². The van der Waals surface area contributed by atoms with Gasteiger partial charge in [-0.3, -0.25) is 0 Å². The second kappa shape index (κ2) is 13.1. The zero-order valence-electron chi connectivity index (χ0n) is 32.8. The molecule has 0 amide bonds. The molecule has 0 spiro atoms. The molecule has 0 N–H and O–H groups in total. The molecular formula is C56H34N4O. The fourth-order valence-electron chi connectivity index (χ4n) is 9.63. The molecule has 13 aromatic rings. The predicted molar refractivity (Wildman–Crippen MR) is 252 cm³/mol. The average molecular weight is 779 g/mol. The zero-order chi connectivity index (χ0) is 40.0. The lowest BCUT2D eigenvalue weighted by molar-refractivity contribution is 0.673. The summed E-state index contributed by atoms with van der Waals surface area (Å²) in [6, 6.07) is 73.0. The molecule has 5 heteroatoms. The van der Waals surface area contributed by atoms with Crippen LogP contribution in [0.1, 0.15) is 0 Å². The SMILES string of the molecule is c1ccc(-c2cccc(-n3c4ccc5c6ccccc6oc5c4c4ccc5c(c6ccccc6n5-c5cccc(-c6nc(-c7ccccc7)c7ccccc7n6)c5)c43)c2)cc1. The van der Waals surface area contributed by atoms with Gasteiger partial charge < -0.3 is 13.6 Å². The summed E-state index contributed by atoms with van der Waals surface area (Å²) in [5.74, 6) is 0.691. The Balaban J connectivity index is 1.10. The molecule has 4 heterocycles. The van der Waals surface area contributed by atoms with Crippen LogP contribution >= 0.6 is 0 Å². The van der Waals surface area contributed by atoms with E-state index in [9.17, 15) is 0 Å². The van der Waals surface area contributed by atoms with E-state index in [1.165, 1.54) is 16.3 Å². The van der Waals surface area contributed by atoms with Gasteiger partial charge in [-0.25, -0.2) is 9.97 Å². The van der Waals surface area contributed by atoms with Crippen LogP contribution in [0.25, 0.3) is 122 Å². The number of para-hydroxylation sites is 3. The maximum absolute atomic E-state index is 6.78. The van der Waals surface area contributed by atoms with E-state index in [4.69, 9.17) is 14.4 Å². The molecule has 0 saturated carbocycles. The highest BCUT2D eigenvalue weighted by molar-refractivity contribution is 6.31. The van der Waals surface area contributed by atoms with Gasteiger partial charge in [0.05, 0.1) is 38.7 Å². The average Bonchev–Trinajstić information content (AvgIpc) is 3.99. The summed E-state index contributed by atoms with van der Waals surface area (Å²) in [5, 5.41) is 7.87. The zero-order valence-corrected chi connectivity index (χ0v) is 32.8. The Kier molecular flexibility index (Phi) is 7.24. The van der Waals surface area contributed by atoms with Crippen LogP contribution in [-0.4, -0.2) is 19.1 Å². The van der Waals surface area contributed by atoms with Crippen molar-refractivity contribution in [1.82, 2.24) is 19.1 Å². The molecule has 0 atom stereocenters. The van der Waals surface area contributed by atoms with E-state index in [0.717, 1.165) is 99.4 Å². The number of aromatic nitrogens is 4. The molecule has 61 heavy (non-hydrogen) atoms. The number of nitrogens with zero attached hydrogens (tertiary/aromatic N) is 4. The third kappa shape index (κ3) is 5.08. The van der Waals surface area contributed by atoms with Gasteiger partial charge in [0.2, 0.25) is 0 Å². The van der Waals surface area contributed by atoms with Crippen LogP contribution in [0.3, 0.4) is 0 Å². The Hall–Kier alpha value is -8.28. The number of rotatable bonds is 5. The van der Waals surface area contributed by atoms with Crippen LogP contribution in [0.2, 0.25) is 0 Å². The Morgan fingerprint density at radius 3 is 1.79 bits per heavy atom. The highest BCUT2D eigenvalue weighted by atomic mass is 16.3. The van der Waals surface area contributed by atoms with Crippen LogP contribution in [0, 0.1) is 0 Å². The minimum absolute atomic E-state index is 0.691. The molecule has 0 unspecified atom stereocenters. The lowest BCUT2D eigenvalue weighted by Crippen LogP contribution is -1.98. The van der Waals surface area contributed by atoms with Gasteiger partial charge in [-0.15, -0.1) is 0 Å². The molecule has 4 aromatic heterocycles. The van der Waals surface area contributed by atoms with E-state index < -0.39 is 0 Å². The van der Waals surface area contributed by atoms with Crippen molar-refractivity contribution < 1.29 is 4.42 Å². The first kappa shape index (κ1) is 33.7. The van der Waals surface area contributed by atoms with Crippen molar-refractivity contribution in [2.75, 3.05) is 0 Å². The minimum Gasteiger partial charge on any atom is -0.455 e. The van der Waals surface area contributed by atoms with Crippen LogP contribution in [0.5, 0.6) is 0 Å². The van der Waals surface area contributed by atoms with Gasteiger partial charge in [0, 0.05) is 54.8 Å². The van der Waals surface area contributed by atoms with Crippen molar-refractivity contribution in [2.45, 2.75) is 0 Å². The third-order valence-electron chi connectivity index (χ3n) is 12.3. The molecule has 9 aromatic carbocycles. The molecule has 0 bridgehead atoms. The van der Waals surface area contributed by atoms with E-state index in [0.29, 0.717) is 5.82 Å². The normalized spacial score (nSPS) is 11.9. The van der Waals surface area contributed by atoms with Crippen molar-refractivity contribution >= 4 is 76.5 Å². The third-order valence-corrected chi connectivity index (χ3v) is 12.3. The molecule has 13 rings (SSSR count). The summed E-state index contributed by atoms with van der Waals surface area (Å²) in [4.78, 5) is 10.4. The summed E-state index contributed by atoms with van der Waals surface area (Å²) in [7, 11) is 0. The fourth-order valence-corrected chi connectivity index (χ4v) is 9.63. The Labute approximate surface area is 350 Å². The van der Waals surface area contributed by atoms with Crippen molar-refractivity contribution in [3.05, 3.63) is 206 Å². The second-order valence-electron chi connectivity index (χ2n) is 15.7. The first-order valence-corrected chi connectivity index (χ1v) is 20.7. The van der Waals surface area contributed by atoms with Gasteiger partial charge in [-0.05, 0) is 77.9 Å². The van der Waals surface area contributed by atoms with Gasteiger partial charge >= 0.3 is 0 Å². The molecule has 0 aliphatic carbocycles. The largest absolute Gasteiger partial charge is 0.455 e. The maximum atomic E-state index is 6.78. The summed E-state index contributed by atoms with van der Waals surface area (Å²) in [6.45, 7) is 0. The highest BCUT2D eigenvalue weighted by Gasteiger charge is 2.24. The van der Waals surface area contributed by atoms with Crippen molar-refractivity contribution in [2.24, 2.45) is 0 Å². The lowest BCUT2D eigenvalue weighted by atomic mass is 10.0. The first-order valence-electron chi connectivity index (χ1n) is 20.7. The van der Waals surface area contributed by atoms with Crippen LogP contribution in [0.4, 0.5) is 0 Å². The molecule has 0 aliphatic rings. The highest BCUT2D eigenvalue weighted by Crippen LogP contribution is 2.46. The number of benzene rings is 9. The van der Waals surface area contributed by atoms with E-state index in [-0.39, 0.29) is 0 Å². The Morgan fingerprint density at radius 1 is 0.361 bits per heavy atom. The monoisotopic (exact) mass is 778 g/mol. The molecular weight excluding hydrogens is 745 g/mol. The summed E-state index contributed by atoms with van der Waals surface area (Å²) >= 11 is 0. The Bertz CT molecular complexity index is 3880. The molecule has 0 saturated heterocycles. The maximum Gasteiger partial charge on any atom is 0.160 e. The van der Waals surface area contributed by atoms with Crippen molar-refractivity contribution in [3.63, 3.8) is 0 Å². The lowest BCUT2D eigenvalue weighted by Gasteiger charge is -2.13. The minimum atomic E-state index is 0.691. The van der Waals surface area contributed by atoms with Gasteiger partial charge in [0.1, 0.15) is 11.2 Å². The molecule has 0 fully saturated rings. The van der Waals surface area contributed by atoms with Gasteiger partial charge in [-0.2, -0.15) is 0 Å². The van der Waals surface area contributed by atoms with E-state index in [1.807, 2.05) is 18.2 Å². The Morgan fingerprint density at radius 2 is 0.967 bits per heavy atom. The van der Waals surface area contributed by atoms with Gasteiger partial charge in [0.15, 0.2) is 5.82 Å². The summed E-state index contributed by atoms with van der Waals surface area (Å²) < 4.78 is 11.6. The van der Waals surface area contributed by atoms with Crippen LogP contribution in [-0.2, 0) is 0 Å².